The molecular weight excluding hydrogens is 332 g/mol. The zero-order valence-corrected chi connectivity index (χ0v) is 14.3. The zero-order valence-electron chi connectivity index (χ0n) is 12.7. The van der Waals surface area contributed by atoms with Crippen LogP contribution in [0.5, 0.6) is 5.75 Å². The molecule has 112 valence electrons. The van der Waals surface area contributed by atoms with E-state index in [1.54, 1.807) is 17.9 Å². The second-order valence-corrected chi connectivity index (χ2v) is 5.76. The molecular formula is C16H19BrN2O2. The Balaban J connectivity index is 2.26. The summed E-state index contributed by atoms with van der Waals surface area (Å²) in [5.74, 6) is 0.869. The summed E-state index contributed by atoms with van der Waals surface area (Å²) in [7, 11) is 3.49. The third-order valence-corrected chi connectivity index (χ3v) is 4.46. The van der Waals surface area contributed by atoms with Crippen LogP contribution in [0.1, 0.15) is 34.2 Å². The van der Waals surface area contributed by atoms with Crippen molar-refractivity contribution in [2.45, 2.75) is 26.7 Å². The van der Waals surface area contributed by atoms with Crippen LogP contribution in [-0.2, 0) is 19.9 Å². The molecule has 1 aromatic carbocycles. The van der Waals surface area contributed by atoms with Crippen LogP contribution in [0.3, 0.4) is 0 Å². The number of carbonyl (C=O) groups is 1. The number of carbonyl (C=O) groups excluding carboxylic acids is 1. The largest absolute Gasteiger partial charge is 0.496 e. The number of ketones is 1. The number of rotatable bonds is 5. The molecule has 0 bridgehead atoms. The van der Waals surface area contributed by atoms with Crippen LogP contribution >= 0.6 is 15.9 Å². The van der Waals surface area contributed by atoms with Gasteiger partial charge in [0.2, 0.25) is 0 Å². The van der Waals surface area contributed by atoms with Gasteiger partial charge in [-0.3, -0.25) is 9.48 Å². The molecule has 0 saturated carbocycles. The summed E-state index contributed by atoms with van der Waals surface area (Å²) >= 11 is 3.55. The lowest BCUT2D eigenvalue weighted by Crippen LogP contribution is -2.08. The van der Waals surface area contributed by atoms with Crippen molar-refractivity contribution >= 4 is 21.7 Å². The Morgan fingerprint density at radius 3 is 2.67 bits per heavy atom. The molecule has 0 aliphatic carbocycles. The van der Waals surface area contributed by atoms with Crippen LogP contribution in [0.15, 0.2) is 22.7 Å². The van der Waals surface area contributed by atoms with Gasteiger partial charge in [0, 0.05) is 12.6 Å². The maximum Gasteiger partial charge on any atom is 0.168 e. The molecule has 0 unspecified atom stereocenters. The number of aromatic nitrogens is 2. The lowest BCUT2D eigenvalue weighted by atomic mass is 10.0. The van der Waals surface area contributed by atoms with Gasteiger partial charge in [-0.15, -0.1) is 0 Å². The number of halogens is 1. The third-order valence-electron chi connectivity index (χ3n) is 3.55. The fourth-order valence-electron chi connectivity index (χ4n) is 2.32. The van der Waals surface area contributed by atoms with Gasteiger partial charge in [0.25, 0.3) is 0 Å². The van der Waals surface area contributed by atoms with Crippen molar-refractivity contribution < 1.29 is 9.53 Å². The number of ether oxygens (including phenoxy) is 1. The molecule has 2 aromatic rings. The number of methoxy groups -OCH3 is 1. The molecule has 0 fully saturated rings. The van der Waals surface area contributed by atoms with Crippen molar-refractivity contribution in [3.8, 4) is 5.75 Å². The van der Waals surface area contributed by atoms with Gasteiger partial charge in [-0.1, -0.05) is 6.92 Å². The highest BCUT2D eigenvalue weighted by atomic mass is 79.9. The van der Waals surface area contributed by atoms with Crippen LogP contribution in [0.2, 0.25) is 0 Å². The predicted octanol–water partition coefficient (Wildman–Crippen LogP) is 3.49. The summed E-state index contributed by atoms with van der Waals surface area (Å²) < 4.78 is 7.93. The molecule has 0 atom stereocenters. The first-order valence-corrected chi connectivity index (χ1v) is 7.65. The molecule has 1 heterocycles. The smallest absolute Gasteiger partial charge is 0.168 e. The average Bonchev–Trinajstić information content (AvgIpc) is 2.74. The van der Waals surface area contributed by atoms with Gasteiger partial charge in [-0.25, -0.2) is 0 Å². The molecule has 0 aliphatic heterocycles. The van der Waals surface area contributed by atoms with E-state index in [-0.39, 0.29) is 5.78 Å². The second kappa shape index (κ2) is 6.43. The fraction of sp³-hybridized carbons (Fsp3) is 0.375. The Morgan fingerprint density at radius 1 is 1.43 bits per heavy atom. The van der Waals surface area contributed by atoms with Gasteiger partial charge in [0.1, 0.15) is 5.75 Å². The first kappa shape index (κ1) is 15.8. The van der Waals surface area contributed by atoms with E-state index >= 15 is 0 Å². The van der Waals surface area contributed by atoms with Crippen LogP contribution in [0.4, 0.5) is 0 Å². The summed E-state index contributed by atoms with van der Waals surface area (Å²) in [6.07, 6.45) is 1.17. The molecule has 2 rings (SSSR count). The summed E-state index contributed by atoms with van der Waals surface area (Å²) in [4.78, 5) is 12.5. The minimum atomic E-state index is 0.0760. The standard InChI is InChI=1S/C16H19BrN2O2/c1-5-12-16(17)13(19(3)18-12)9-14(20)11-6-7-15(21-4)10(2)8-11/h6-8H,5,9H2,1-4H3. The summed E-state index contributed by atoms with van der Waals surface area (Å²) in [6.45, 7) is 3.98. The van der Waals surface area contributed by atoms with Gasteiger partial charge in [0.05, 0.1) is 29.4 Å². The first-order chi connectivity index (χ1) is 9.97. The number of hydrogen-bond donors (Lipinski definition) is 0. The Labute approximate surface area is 133 Å². The number of aryl methyl sites for hydroxylation is 3. The SMILES string of the molecule is CCc1nn(C)c(CC(=O)c2ccc(OC)c(C)c2)c1Br. The van der Waals surface area contributed by atoms with Crippen LogP contribution < -0.4 is 4.74 Å². The Hall–Kier alpha value is -1.62. The number of benzene rings is 1. The minimum Gasteiger partial charge on any atom is -0.496 e. The van der Waals surface area contributed by atoms with Crippen molar-refractivity contribution in [1.82, 2.24) is 9.78 Å². The highest BCUT2D eigenvalue weighted by molar-refractivity contribution is 9.10. The van der Waals surface area contributed by atoms with Crippen molar-refractivity contribution in [2.24, 2.45) is 7.05 Å². The van der Waals surface area contributed by atoms with E-state index < -0.39 is 0 Å². The van der Waals surface area contributed by atoms with Gasteiger partial charge in [0.15, 0.2) is 5.78 Å². The lowest BCUT2D eigenvalue weighted by Gasteiger charge is -2.07. The maximum atomic E-state index is 12.5. The third kappa shape index (κ3) is 3.18. The van der Waals surface area contributed by atoms with E-state index in [1.807, 2.05) is 33.0 Å². The van der Waals surface area contributed by atoms with E-state index in [0.717, 1.165) is 33.6 Å². The summed E-state index contributed by atoms with van der Waals surface area (Å²) in [6, 6.07) is 5.50. The van der Waals surface area contributed by atoms with Gasteiger partial charge in [-0.05, 0) is 53.0 Å². The van der Waals surface area contributed by atoms with Crippen LogP contribution in [0, 0.1) is 6.92 Å². The van der Waals surface area contributed by atoms with E-state index in [9.17, 15) is 4.79 Å². The monoisotopic (exact) mass is 350 g/mol. The molecule has 0 saturated heterocycles. The summed E-state index contributed by atoms with van der Waals surface area (Å²) in [5.41, 5.74) is 3.54. The van der Waals surface area contributed by atoms with Gasteiger partial charge >= 0.3 is 0 Å². The first-order valence-electron chi connectivity index (χ1n) is 6.86. The van der Waals surface area contributed by atoms with Gasteiger partial charge in [-0.2, -0.15) is 5.10 Å². The number of Topliss-reactive ketones (excluding diaryl/α,β-unsaturated/α-hetero) is 1. The lowest BCUT2D eigenvalue weighted by molar-refractivity contribution is 0.0990. The maximum absolute atomic E-state index is 12.5. The Kier molecular flexibility index (Phi) is 4.83. The topological polar surface area (TPSA) is 44.1 Å². The highest BCUT2D eigenvalue weighted by Gasteiger charge is 2.17. The molecule has 0 N–H and O–H groups in total. The second-order valence-electron chi connectivity index (χ2n) is 4.97. The molecule has 4 nitrogen and oxygen atoms in total. The van der Waals surface area contributed by atoms with Crippen molar-refractivity contribution in [3.63, 3.8) is 0 Å². The molecule has 21 heavy (non-hydrogen) atoms. The average molecular weight is 351 g/mol. The molecule has 0 aliphatic rings. The molecule has 0 spiro atoms. The Bertz CT molecular complexity index is 677. The van der Waals surface area contributed by atoms with E-state index in [4.69, 9.17) is 4.74 Å². The number of hydrogen-bond acceptors (Lipinski definition) is 3. The molecule has 0 radical (unpaired) electrons. The van der Waals surface area contributed by atoms with E-state index in [1.165, 1.54) is 0 Å². The van der Waals surface area contributed by atoms with E-state index in [0.29, 0.717) is 12.0 Å². The zero-order chi connectivity index (χ0) is 15.6. The van der Waals surface area contributed by atoms with Crippen LogP contribution in [0.25, 0.3) is 0 Å². The molecule has 1 aromatic heterocycles. The van der Waals surface area contributed by atoms with Crippen LogP contribution in [-0.4, -0.2) is 22.7 Å². The highest BCUT2D eigenvalue weighted by Crippen LogP contribution is 2.24. The minimum absolute atomic E-state index is 0.0760. The fourth-order valence-corrected chi connectivity index (χ4v) is 3.07. The van der Waals surface area contributed by atoms with Crippen molar-refractivity contribution in [2.75, 3.05) is 7.11 Å². The normalized spacial score (nSPS) is 10.7. The molecule has 0 amide bonds. The predicted molar refractivity (Wildman–Crippen MR) is 86.1 cm³/mol. The Morgan fingerprint density at radius 2 is 2.14 bits per heavy atom. The quantitative estimate of drug-likeness (QED) is 0.775. The number of nitrogens with zero attached hydrogens (tertiary/aromatic N) is 2. The van der Waals surface area contributed by atoms with Crippen molar-refractivity contribution in [1.29, 1.82) is 0 Å². The van der Waals surface area contributed by atoms with Gasteiger partial charge < -0.3 is 4.74 Å². The molecule has 5 heteroatoms. The van der Waals surface area contributed by atoms with E-state index in [2.05, 4.69) is 21.0 Å². The van der Waals surface area contributed by atoms with Crippen molar-refractivity contribution in [3.05, 3.63) is 45.2 Å². The summed E-state index contributed by atoms with van der Waals surface area (Å²) in [5, 5.41) is 4.42.